The maximum Gasteiger partial charge on any atom is 0.338 e. The van der Waals surface area contributed by atoms with Crippen LogP contribution in [-0.2, 0) is 19.1 Å². The van der Waals surface area contributed by atoms with E-state index in [9.17, 15) is 9.59 Å². The van der Waals surface area contributed by atoms with Gasteiger partial charge in [-0.1, -0.05) is 19.3 Å². The Labute approximate surface area is 139 Å². The third kappa shape index (κ3) is 4.46. The highest BCUT2D eigenvalue weighted by Gasteiger charge is 2.53. The fourth-order valence-electron chi connectivity index (χ4n) is 3.59. The summed E-state index contributed by atoms with van der Waals surface area (Å²) in [7, 11) is 0. The topological polar surface area (TPSA) is 78.6 Å². The van der Waals surface area contributed by atoms with Crippen LogP contribution in [0.2, 0.25) is 0 Å². The summed E-state index contributed by atoms with van der Waals surface area (Å²) >= 11 is 0. The fraction of sp³-hybridized carbons (Fsp3) is 0.889. The molecular formula is C18H31NO4. The molecule has 2 N–H and O–H groups in total. The molecule has 1 atom stereocenters. The average Bonchev–Trinajstić information content (AvgIpc) is 2.98. The van der Waals surface area contributed by atoms with Crippen molar-refractivity contribution in [3.63, 3.8) is 0 Å². The molecule has 0 spiro atoms. The van der Waals surface area contributed by atoms with Gasteiger partial charge >= 0.3 is 11.9 Å². The molecule has 0 bridgehead atoms. The van der Waals surface area contributed by atoms with Crippen LogP contribution in [-0.4, -0.2) is 29.2 Å². The Kier molecular flexibility index (Phi) is 5.71. The number of carbonyl (C=O) groups excluding carboxylic acids is 2. The second kappa shape index (κ2) is 7.20. The van der Waals surface area contributed by atoms with Gasteiger partial charge in [-0.05, 0) is 65.2 Å². The van der Waals surface area contributed by atoms with Crippen LogP contribution >= 0.6 is 0 Å². The Morgan fingerprint density at radius 1 is 0.870 bits per heavy atom. The van der Waals surface area contributed by atoms with Gasteiger partial charge in [-0.25, -0.2) is 9.59 Å². The molecule has 0 aromatic carbocycles. The van der Waals surface area contributed by atoms with Gasteiger partial charge in [0.25, 0.3) is 0 Å². The highest BCUT2D eigenvalue weighted by molar-refractivity contribution is 6.05. The Bertz CT molecular complexity index is 431. The maximum atomic E-state index is 12.8. The van der Waals surface area contributed by atoms with Crippen LogP contribution in [0, 0.1) is 5.92 Å². The summed E-state index contributed by atoms with van der Waals surface area (Å²) in [6.07, 6.45) is 8.39. The molecule has 2 rings (SSSR count). The van der Waals surface area contributed by atoms with Crippen molar-refractivity contribution in [3.8, 4) is 0 Å². The predicted molar refractivity (Wildman–Crippen MR) is 87.7 cm³/mol. The van der Waals surface area contributed by atoms with E-state index in [1.807, 2.05) is 0 Å². The van der Waals surface area contributed by atoms with E-state index in [4.69, 9.17) is 15.2 Å². The lowest BCUT2D eigenvalue weighted by molar-refractivity contribution is -0.178. The molecule has 0 amide bonds. The van der Waals surface area contributed by atoms with E-state index in [-0.39, 0.29) is 12.0 Å². The van der Waals surface area contributed by atoms with Crippen molar-refractivity contribution < 1.29 is 19.1 Å². The van der Waals surface area contributed by atoms with E-state index < -0.39 is 23.1 Å². The third-order valence-corrected chi connectivity index (χ3v) is 4.90. The number of ether oxygens (including phenoxy) is 2. The molecule has 1 unspecified atom stereocenters. The van der Waals surface area contributed by atoms with Gasteiger partial charge in [-0.2, -0.15) is 0 Å². The molecule has 132 valence electrons. The molecule has 2 saturated carbocycles. The lowest BCUT2D eigenvalue weighted by Crippen LogP contribution is -2.63. The molecule has 5 heteroatoms. The molecule has 0 aromatic heterocycles. The van der Waals surface area contributed by atoms with E-state index in [0.717, 1.165) is 57.8 Å². The van der Waals surface area contributed by atoms with E-state index in [0.29, 0.717) is 0 Å². The third-order valence-electron chi connectivity index (χ3n) is 4.90. The number of nitrogens with two attached hydrogens (primary N) is 1. The zero-order valence-corrected chi connectivity index (χ0v) is 14.7. The molecule has 2 aliphatic rings. The van der Waals surface area contributed by atoms with Crippen LogP contribution in [0.15, 0.2) is 0 Å². The largest absolute Gasteiger partial charge is 0.461 e. The minimum atomic E-state index is -1.67. The van der Waals surface area contributed by atoms with Crippen molar-refractivity contribution in [1.29, 1.82) is 0 Å². The Balaban J connectivity index is 2.18. The predicted octanol–water partition coefficient (Wildman–Crippen LogP) is 3.09. The van der Waals surface area contributed by atoms with Gasteiger partial charge in [0.15, 0.2) is 0 Å². The quantitative estimate of drug-likeness (QED) is 0.635. The van der Waals surface area contributed by atoms with E-state index in [1.54, 1.807) is 20.8 Å². The van der Waals surface area contributed by atoms with Crippen molar-refractivity contribution >= 4 is 11.9 Å². The Hall–Kier alpha value is -1.10. The Morgan fingerprint density at radius 2 is 1.39 bits per heavy atom. The summed E-state index contributed by atoms with van der Waals surface area (Å²) in [4.78, 5) is 25.5. The van der Waals surface area contributed by atoms with Gasteiger partial charge in [-0.15, -0.1) is 0 Å². The zero-order valence-electron chi connectivity index (χ0n) is 14.7. The van der Waals surface area contributed by atoms with Crippen LogP contribution in [0.4, 0.5) is 0 Å². The summed E-state index contributed by atoms with van der Waals surface area (Å²) in [5.74, 6) is -1.43. The summed E-state index contributed by atoms with van der Waals surface area (Å²) in [6, 6.07) is 0. The monoisotopic (exact) mass is 325 g/mol. The molecule has 2 aliphatic carbocycles. The molecule has 23 heavy (non-hydrogen) atoms. The molecule has 2 fully saturated rings. The number of hydrogen-bond donors (Lipinski definition) is 1. The summed E-state index contributed by atoms with van der Waals surface area (Å²) in [6.45, 7) is 5.36. The minimum absolute atomic E-state index is 0.101. The van der Waals surface area contributed by atoms with Crippen molar-refractivity contribution in [2.75, 3.05) is 0 Å². The highest BCUT2D eigenvalue weighted by Crippen LogP contribution is 2.35. The number of rotatable bonds is 4. The van der Waals surface area contributed by atoms with Crippen molar-refractivity contribution in [3.05, 3.63) is 0 Å². The zero-order chi connectivity index (χ0) is 17.1. The first-order valence-corrected chi connectivity index (χ1v) is 8.97. The highest BCUT2D eigenvalue weighted by atomic mass is 16.6. The molecule has 0 radical (unpaired) electrons. The lowest BCUT2D eigenvalue weighted by Gasteiger charge is -2.37. The fourth-order valence-corrected chi connectivity index (χ4v) is 3.59. The maximum absolute atomic E-state index is 12.8. The van der Waals surface area contributed by atoms with Gasteiger partial charge in [0, 0.05) is 0 Å². The number of carbonyl (C=O) groups is 2. The van der Waals surface area contributed by atoms with Crippen LogP contribution < -0.4 is 5.73 Å². The minimum Gasteiger partial charge on any atom is -0.461 e. The second-order valence-corrected chi connectivity index (χ2v) is 8.02. The summed E-state index contributed by atoms with van der Waals surface area (Å²) in [5.41, 5.74) is 4.05. The summed E-state index contributed by atoms with van der Waals surface area (Å²) < 4.78 is 11.1. The van der Waals surface area contributed by atoms with Crippen LogP contribution in [0.3, 0.4) is 0 Å². The Morgan fingerprint density at radius 3 is 1.91 bits per heavy atom. The first-order valence-electron chi connectivity index (χ1n) is 8.97. The standard InChI is InChI=1S/C18H31NO4/c1-17(2,3)23-16(21)18(19,13-9-5-4-6-10-13)15(20)22-14-11-7-8-12-14/h13-14H,4-12,19H2,1-3H3. The number of esters is 2. The van der Waals surface area contributed by atoms with E-state index >= 15 is 0 Å². The van der Waals surface area contributed by atoms with Gasteiger partial charge in [0.1, 0.15) is 11.7 Å². The first kappa shape index (κ1) is 18.2. The average molecular weight is 325 g/mol. The summed E-state index contributed by atoms with van der Waals surface area (Å²) in [5, 5.41) is 0. The van der Waals surface area contributed by atoms with Gasteiger partial charge < -0.3 is 15.2 Å². The molecule has 0 aromatic rings. The van der Waals surface area contributed by atoms with Crippen molar-refractivity contribution in [1.82, 2.24) is 0 Å². The normalized spacial score (nSPS) is 23.3. The van der Waals surface area contributed by atoms with E-state index in [1.165, 1.54) is 0 Å². The lowest BCUT2D eigenvalue weighted by atomic mass is 9.75. The van der Waals surface area contributed by atoms with E-state index in [2.05, 4.69) is 0 Å². The molecule has 0 aliphatic heterocycles. The number of hydrogen-bond acceptors (Lipinski definition) is 5. The molecule has 5 nitrogen and oxygen atoms in total. The van der Waals surface area contributed by atoms with Crippen LogP contribution in [0.5, 0.6) is 0 Å². The van der Waals surface area contributed by atoms with Crippen molar-refractivity contribution in [2.45, 2.75) is 95.8 Å². The SMILES string of the molecule is CC(C)(C)OC(=O)C(N)(C(=O)OC1CCCC1)C1CCCCC1. The van der Waals surface area contributed by atoms with Crippen molar-refractivity contribution in [2.24, 2.45) is 11.7 Å². The smallest absolute Gasteiger partial charge is 0.338 e. The van der Waals surface area contributed by atoms with Gasteiger partial charge in [0.2, 0.25) is 5.54 Å². The van der Waals surface area contributed by atoms with Crippen LogP contribution in [0.25, 0.3) is 0 Å². The molecule has 0 heterocycles. The second-order valence-electron chi connectivity index (χ2n) is 8.02. The molecular weight excluding hydrogens is 294 g/mol. The van der Waals surface area contributed by atoms with Gasteiger partial charge in [-0.3, -0.25) is 0 Å². The van der Waals surface area contributed by atoms with Gasteiger partial charge in [0.05, 0.1) is 0 Å². The first-order chi connectivity index (χ1) is 10.7. The van der Waals surface area contributed by atoms with Crippen LogP contribution in [0.1, 0.15) is 78.6 Å². The molecule has 0 saturated heterocycles.